The summed E-state index contributed by atoms with van der Waals surface area (Å²) < 4.78 is 0. The van der Waals surface area contributed by atoms with Gasteiger partial charge in [-0.3, -0.25) is 14.9 Å². The minimum Gasteiger partial charge on any atom is -0.341 e. The molecule has 21 heavy (non-hydrogen) atoms. The van der Waals surface area contributed by atoms with E-state index in [0.29, 0.717) is 10.8 Å². The van der Waals surface area contributed by atoms with Crippen LogP contribution in [0, 0.1) is 28.4 Å². The van der Waals surface area contributed by atoms with Gasteiger partial charge in [0.15, 0.2) is 0 Å². The Morgan fingerprint density at radius 3 is 2.81 bits per heavy atom. The predicted octanol–water partition coefficient (Wildman–Crippen LogP) is 3.10. The van der Waals surface area contributed by atoms with Gasteiger partial charge in [-0.15, -0.1) is 18.2 Å². The van der Waals surface area contributed by atoms with Crippen LogP contribution in [0.1, 0.15) is 30.6 Å². The minimum atomic E-state index is -0.463. The Hall–Kier alpha value is -2.00. The molecule has 1 amide bonds. The van der Waals surface area contributed by atoms with Crippen molar-refractivity contribution in [1.29, 1.82) is 0 Å². The summed E-state index contributed by atoms with van der Waals surface area (Å²) in [4.78, 5) is 23.0. The molecule has 0 aromatic heterocycles. The molecule has 0 heterocycles. The highest BCUT2D eigenvalue weighted by molar-refractivity contribution is 7.99. The molecule has 1 aromatic rings. The van der Waals surface area contributed by atoms with Crippen LogP contribution in [0.15, 0.2) is 23.1 Å². The number of amides is 1. The third-order valence-electron chi connectivity index (χ3n) is 2.72. The molecule has 0 aliphatic rings. The van der Waals surface area contributed by atoms with Gasteiger partial charge in [0.2, 0.25) is 0 Å². The lowest BCUT2D eigenvalue weighted by molar-refractivity contribution is -0.387. The molecule has 0 saturated heterocycles. The number of nitrogens with one attached hydrogen (secondary N) is 1. The van der Waals surface area contributed by atoms with Crippen LogP contribution in [-0.2, 0) is 0 Å². The smallest absolute Gasteiger partial charge is 0.283 e. The molecular weight excluding hydrogens is 288 g/mol. The molecule has 0 bridgehead atoms. The molecule has 0 fully saturated rings. The van der Waals surface area contributed by atoms with Gasteiger partial charge >= 0.3 is 0 Å². The molecule has 0 saturated carbocycles. The molecular formula is C15H18N2O3S. The SMILES string of the molecule is C#CCNC(=O)c1ccc(SCCC(C)C)c([N+](=O)[O-])c1. The van der Waals surface area contributed by atoms with Gasteiger partial charge in [0.1, 0.15) is 0 Å². The number of hydrogen-bond acceptors (Lipinski definition) is 4. The average molecular weight is 306 g/mol. The van der Waals surface area contributed by atoms with Crippen molar-refractivity contribution in [2.24, 2.45) is 5.92 Å². The van der Waals surface area contributed by atoms with E-state index in [9.17, 15) is 14.9 Å². The fourth-order valence-electron chi connectivity index (χ4n) is 1.56. The van der Waals surface area contributed by atoms with Crippen molar-refractivity contribution in [3.05, 3.63) is 33.9 Å². The maximum absolute atomic E-state index is 11.8. The molecule has 1 aromatic carbocycles. The lowest BCUT2D eigenvalue weighted by Crippen LogP contribution is -2.23. The second-order valence-electron chi connectivity index (χ2n) is 4.86. The standard InChI is InChI=1S/C15H18N2O3S/c1-4-8-16-15(18)12-5-6-14(13(10-12)17(19)20)21-9-7-11(2)3/h1,5-6,10-11H,7-9H2,2-3H3,(H,16,18). The molecule has 6 heteroatoms. The minimum absolute atomic E-state index is 0.0443. The molecule has 0 unspecified atom stereocenters. The molecule has 1 rings (SSSR count). The highest BCUT2D eigenvalue weighted by Crippen LogP contribution is 2.31. The summed E-state index contributed by atoms with van der Waals surface area (Å²) in [6.45, 7) is 4.30. The summed E-state index contributed by atoms with van der Waals surface area (Å²) in [5.74, 6) is 3.23. The lowest BCUT2D eigenvalue weighted by Gasteiger charge is -2.07. The fraction of sp³-hybridized carbons (Fsp3) is 0.400. The summed E-state index contributed by atoms with van der Waals surface area (Å²) in [5.41, 5.74) is 0.197. The van der Waals surface area contributed by atoms with E-state index in [0.717, 1.165) is 12.2 Å². The lowest BCUT2D eigenvalue weighted by atomic mass is 10.2. The monoisotopic (exact) mass is 306 g/mol. The first-order valence-electron chi connectivity index (χ1n) is 6.58. The van der Waals surface area contributed by atoms with Gasteiger partial charge in [0.05, 0.1) is 16.4 Å². The van der Waals surface area contributed by atoms with Crippen molar-refractivity contribution >= 4 is 23.4 Å². The zero-order valence-electron chi connectivity index (χ0n) is 12.1. The van der Waals surface area contributed by atoms with E-state index in [-0.39, 0.29) is 17.8 Å². The van der Waals surface area contributed by atoms with Gasteiger partial charge in [-0.25, -0.2) is 0 Å². The first-order valence-corrected chi connectivity index (χ1v) is 7.57. The number of terminal acetylenes is 1. The quantitative estimate of drug-likeness (QED) is 0.363. The first kappa shape index (κ1) is 17.1. The summed E-state index contributed by atoms with van der Waals surface area (Å²) in [6, 6.07) is 4.49. The number of benzene rings is 1. The zero-order valence-corrected chi connectivity index (χ0v) is 12.9. The Morgan fingerprint density at radius 1 is 1.52 bits per heavy atom. The highest BCUT2D eigenvalue weighted by atomic mass is 32.2. The molecule has 1 N–H and O–H groups in total. The van der Waals surface area contributed by atoms with Crippen molar-refractivity contribution in [1.82, 2.24) is 5.32 Å². The zero-order chi connectivity index (χ0) is 15.8. The molecule has 112 valence electrons. The van der Waals surface area contributed by atoms with Gasteiger partial charge < -0.3 is 5.32 Å². The van der Waals surface area contributed by atoms with Crippen LogP contribution in [0.2, 0.25) is 0 Å². The maximum Gasteiger partial charge on any atom is 0.283 e. The van der Waals surface area contributed by atoms with Crippen LogP contribution in [0.5, 0.6) is 0 Å². The van der Waals surface area contributed by atoms with E-state index in [1.165, 1.54) is 17.8 Å². The fourth-order valence-corrected chi connectivity index (χ4v) is 2.82. The van der Waals surface area contributed by atoms with E-state index >= 15 is 0 Å². The number of rotatable bonds is 7. The number of nitro benzene ring substituents is 1. The number of nitro groups is 1. The molecule has 0 spiro atoms. The predicted molar refractivity (Wildman–Crippen MR) is 84.4 cm³/mol. The third-order valence-corrected chi connectivity index (χ3v) is 3.82. The van der Waals surface area contributed by atoms with Crippen molar-refractivity contribution in [2.75, 3.05) is 12.3 Å². The molecule has 5 nitrogen and oxygen atoms in total. The number of thioether (sulfide) groups is 1. The van der Waals surface area contributed by atoms with Gasteiger partial charge in [-0.05, 0) is 30.2 Å². The maximum atomic E-state index is 11.8. The Balaban J connectivity index is 2.89. The Bertz CT molecular complexity index is 565. The van der Waals surface area contributed by atoms with Crippen molar-refractivity contribution in [2.45, 2.75) is 25.2 Å². The van der Waals surface area contributed by atoms with Gasteiger partial charge in [-0.2, -0.15) is 0 Å². The van der Waals surface area contributed by atoms with Crippen molar-refractivity contribution < 1.29 is 9.72 Å². The largest absolute Gasteiger partial charge is 0.341 e. The van der Waals surface area contributed by atoms with Crippen LogP contribution in [-0.4, -0.2) is 23.1 Å². The topological polar surface area (TPSA) is 72.2 Å². The molecule has 0 aliphatic heterocycles. The van der Waals surface area contributed by atoms with E-state index in [4.69, 9.17) is 6.42 Å². The number of carbonyl (C=O) groups excluding carboxylic acids is 1. The van der Waals surface area contributed by atoms with E-state index in [2.05, 4.69) is 25.1 Å². The summed E-state index contributed by atoms with van der Waals surface area (Å²) >= 11 is 1.44. The van der Waals surface area contributed by atoms with Crippen LogP contribution in [0.25, 0.3) is 0 Å². The van der Waals surface area contributed by atoms with Crippen molar-refractivity contribution in [3.8, 4) is 12.3 Å². The van der Waals surface area contributed by atoms with Gasteiger partial charge in [0, 0.05) is 11.6 Å². The summed E-state index contributed by atoms with van der Waals surface area (Å²) in [6.07, 6.45) is 6.04. The number of hydrogen-bond donors (Lipinski definition) is 1. The van der Waals surface area contributed by atoms with Crippen LogP contribution in [0.3, 0.4) is 0 Å². The van der Waals surface area contributed by atoms with E-state index < -0.39 is 10.8 Å². The number of carbonyl (C=O) groups is 1. The molecule has 0 aliphatic carbocycles. The second-order valence-corrected chi connectivity index (χ2v) is 5.99. The van der Waals surface area contributed by atoms with Crippen molar-refractivity contribution in [3.63, 3.8) is 0 Å². The Kier molecular flexibility index (Phi) is 6.76. The second kappa shape index (κ2) is 8.32. The van der Waals surface area contributed by atoms with Gasteiger partial charge in [-0.1, -0.05) is 19.8 Å². The van der Waals surface area contributed by atoms with E-state index in [1.807, 2.05) is 0 Å². The third kappa shape index (κ3) is 5.48. The number of nitrogens with zero attached hydrogens (tertiary/aromatic N) is 1. The Labute approximate surface area is 128 Å². The first-order chi connectivity index (χ1) is 9.95. The Morgan fingerprint density at radius 2 is 2.24 bits per heavy atom. The van der Waals surface area contributed by atoms with Gasteiger partial charge in [0.25, 0.3) is 11.6 Å². The van der Waals surface area contributed by atoms with Crippen LogP contribution in [0.4, 0.5) is 5.69 Å². The molecule has 0 radical (unpaired) electrons. The summed E-state index contributed by atoms with van der Waals surface area (Å²) in [5, 5.41) is 13.6. The average Bonchev–Trinajstić information content (AvgIpc) is 2.44. The van der Waals surface area contributed by atoms with Crippen LogP contribution >= 0.6 is 11.8 Å². The molecule has 0 atom stereocenters. The highest BCUT2D eigenvalue weighted by Gasteiger charge is 2.17. The summed E-state index contributed by atoms with van der Waals surface area (Å²) in [7, 11) is 0. The normalized spacial score (nSPS) is 10.2. The van der Waals surface area contributed by atoms with Crippen LogP contribution < -0.4 is 5.32 Å². The van der Waals surface area contributed by atoms with E-state index in [1.54, 1.807) is 12.1 Å².